The lowest BCUT2D eigenvalue weighted by atomic mass is 9.55. The molecule has 4 rings (SSSR count). The molecule has 2 bridgehead atoms. The number of aliphatic hydroxyl groups excluding tert-OH is 1. The summed E-state index contributed by atoms with van der Waals surface area (Å²) in [6.45, 7) is 1.63. The number of alkyl halides is 4. The van der Waals surface area contributed by atoms with Crippen LogP contribution in [0.25, 0.3) is 0 Å². The highest BCUT2D eigenvalue weighted by Gasteiger charge is 2.81. The number of halogens is 6. The summed E-state index contributed by atoms with van der Waals surface area (Å²) in [6, 6.07) is 2.22. The Morgan fingerprint density at radius 3 is 2.12 bits per heavy atom. The van der Waals surface area contributed by atoms with E-state index in [1.165, 1.54) is 6.92 Å². The molecule has 3 aliphatic rings. The van der Waals surface area contributed by atoms with Crippen molar-refractivity contribution in [3.8, 4) is 0 Å². The van der Waals surface area contributed by atoms with E-state index in [9.17, 15) is 31.4 Å². The molecule has 26 heavy (non-hydrogen) atoms. The second-order valence-electron chi connectivity index (χ2n) is 7.61. The first-order valence-electron chi connectivity index (χ1n) is 8.43. The minimum Gasteiger partial charge on any atom is -0.389 e. The Kier molecular flexibility index (Phi) is 4.39. The Bertz CT molecular complexity index is 708. The molecule has 0 radical (unpaired) electrons. The van der Waals surface area contributed by atoms with E-state index in [0.717, 1.165) is 19.1 Å². The molecule has 0 aliphatic heterocycles. The van der Waals surface area contributed by atoms with E-state index in [2.05, 4.69) is 0 Å². The van der Waals surface area contributed by atoms with Crippen molar-refractivity contribution >= 4 is 0 Å². The molecule has 0 aromatic heterocycles. The van der Waals surface area contributed by atoms with Gasteiger partial charge in [-0.1, -0.05) is 19.1 Å². The minimum absolute atomic E-state index is 0.132. The second-order valence-corrected chi connectivity index (χ2v) is 7.61. The first-order valence-corrected chi connectivity index (χ1v) is 8.43. The summed E-state index contributed by atoms with van der Waals surface area (Å²) in [6.07, 6.45) is -2.07. The van der Waals surface area contributed by atoms with E-state index in [1.807, 2.05) is 0 Å². The topological polar surface area (TPSA) is 29.5 Å². The van der Waals surface area contributed by atoms with Crippen LogP contribution in [0.3, 0.4) is 0 Å². The molecule has 1 aromatic carbocycles. The van der Waals surface area contributed by atoms with Crippen LogP contribution in [0.5, 0.6) is 0 Å². The lowest BCUT2D eigenvalue weighted by molar-refractivity contribution is -0.389. The van der Waals surface area contributed by atoms with Crippen LogP contribution in [0, 0.1) is 17.0 Å². The molecule has 0 spiro atoms. The third kappa shape index (κ3) is 2.41. The number of hydrogen-bond donors (Lipinski definition) is 1. The van der Waals surface area contributed by atoms with Gasteiger partial charge in [0.25, 0.3) is 0 Å². The number of aliphatic hydroxyl groups is 1. The molecule has 3 fully saturated rings. The Balaban J connectivity index is 1.87. The van der Waals surface area contributed by atoms with Crippen LogP contribution < -0.4 is 0 Å². The van der Waals surface area contributed by atoms with Gasteiger partial charge in [-0.2, -0.15) is 17.6 Å². The monoisotopic (exact) mass is 382 g/mol. The van der Waals surface area contributed by atoms with Crippen molar-refractivity contribution in [2.75, 3.05) is 0 Å². The zero-order chi connectivity index (χ0) is 19.5. The first kappa shape index (κ1) is 19.5. The molecule has 3 saturated carbocycles. The molecule has 0 saturated heterocycles. The highest BCUT2D eigenvalue weighted by molar-refractivity contribution is 5.28. The summed E-state index contributed by atoms with van der Waals surface area (Å²) in [5.41, 5.74) is -4.84. The fourth-order valence-electron chi connectivity index (χ4n) is 3.99. The average Bonchev–Trinajstić information content (AvgIpc) is 2.56. The number of rotatable bonds is 4. The van der Waals surface area contributed by atoms with Gasteiger partial charge in [-0.05, 0) is 32.6 Å². The lowest BCUT2D eigenvalue weighted by Gasteiger charge is -2.59. The minimum atomic E-state index is -4.40. The molecule has 1 unspecified atom stereocenters. The quantitative estimate of drug-likeness (QED) is 0.731. The van der Waals surface area contributed by atoms with Crippen LogP contribution in [-0.4, -0.2) is 22.6 Å². The molecular formula is C18H20F6O2. The SMILES string of the molecule is CC(O)c1ccc(COC23CCC(C)(CC2)C(F)(F)C3(F)F)c(F)c1F. The fraction of sp³-hybridized carbons (Fsp3) is 0.667. The summed E-state index contributed by atoms with van der Waals surface area (Å²) in [5.74, 6) is -11.3. The van der Waals surface area contributed by atoms with E-state index in [0.29, 0.717) is 0 Å². The standard InChI is InChI=1S/C18H20F6O2/c1-10(25)12-4-3-11(13(19)14(12)20)9-26-16-7-5-15(2,6-8-16)17(21,22)18(16,23)24/h3-4,10,25H,5-9H2,1-2H3. The average molecular weight is 382 g/mol. The van der Waals surface area contributed by atoms with Gasteiger partial charge in [-0.15, -0.1) is 0 Å². The molecule has 1 N–H and O–H groups in total. The van der Waals surface area contributed by atoms with Crippen molar-refractivity contribution in [1.29, 1.82) is 0 Å². The van der Waals surface area contributed by atoms with Gasteiger partial charge in [0.2, 0.25) is 0 Å². The fourth-order valence-corrected chi connectivity index (χ4v) is 3.99. The summed E-state index contributed by atoms with van der Waals surface area (Å²) in [7, 11) is 0. The summed E-state index contributed by atoms with van der Waals surface area (Å²) >= 11 is 0. The van der Waals surface area contributed by atoms with Crippen molar-refractivity contribution in [3.63, 3.8) is 0 Å². The number of fused-ring (bicyclic) bond motifs is 3. The van der Waals surface area contributed by atoms with Crippen LogP contribution in [0.15, 0.2) is 12.1 Å². The van der Waals surface area contributed by atoms with Crippen molar-refractivity contribution in [1.82, 2.24) is 0 Å². The van der Waals surface area contributed by atoms with Crippen LogP contribution in [0.1, 0.15) is 56.8 Å². The molecule has 1 atom stereocenters. The van der Waals surface area contributed by atoms with Gasteiger partial charge in [0.05, 0.1) is 12.7 Å². The Labute approximate surface area is 147 Å². The van der Waals surface area contributed by atoms with Gasteiger partial charge in [0.15, 0.2) is 11.6 Å². The molecule has 3 aliphatic carbocycles. The third-order valence-electron chi connectivity index (χ3n) is 6.03. The molecular weight excluding hydrogens is 362 g/mol. The lowest BCUT2D eigenvalue weighted by Crippen LogP contribution is -2.72. The number of ether oxygens (including phenoxy) is 1. The van der Waals surface area contributed by atoms with Crippen LogP contribution in [-0.2, 0) is 11.3 Å². The van der Waals surface area contributed by atoms with Gasteiger partial charge in [-0.25, -0.2) is 8.78 Å². The maximum Gasteiger partial charge on any atom is 0.338 e. The van der Waals surface area contributed by atoms with E-state index in [1.54, 1.807) is 0 Å². The van der Waals surface area contributed by atoms with Gasteiger partial charge in [0, 0.05) is 16.5 Å². The van der Waals surface area contributed by atoms with Crippen LogP contribution in [0.2, 0.25) is 0 Å². The van der Waals surface area contributed by atoms with Crippen LogP contribution >= 0.6 is 0 Å². The van der Waals surface area contributed by atoms with E-state index >= 15 is 0 Å². The molecule has 146 valence electrons. The number of benzene rings is 1. The highest BCUT2D eigenvalue weighted by atomic mass is 19.3. The van der Waals surface area contributed by atoms with Crippen molar-refractivity contribution in [3.05, 3.63) is 34.9 Å². The summed E-state index contributed by atoms with van der Waals surface area (Å²) < 4.78 is 91.0. The summed E-state index contributed by atoms with van der Waals surface area (Å²) in [4.78, 5) is 0. The summed E-state index contributed by atoms with van der Waals surface area (Å²) in [5, 5.41) is 9.37. The molecule has 1 aromatic rings. The molecule has 0 amide bonds. The first-order chi connectivity index (χ1) is 11.9. The van der Waals surface area contributed by atoms with Gasteiger partial charge >= 0.3 is 11.8 Å². The zero-order valence-electron chi connectivity index (χ0n) is 14.4. The largest absolute Gasteiger partial charge is 0.389 e. The number of hydrogen-bond acceptors (Lipinski definition) is 2. The smallest absolute Gasteiger partial charge is 0.338 e. The van der Waals surface area contributed by atoms with Gasteiger partial charge < -0.3 is 9.84 Å². The maximum absolute atomic E-state index is 14.6. The Hall–Kier alpha value is -1.28. The van der Waals surface area contributed by atoms with Crippen molar-refractivity contribution in [2.45, 2.75) is 69.7 Å². The second kappa shape index (κ2) is 5.86. The normalized spacial score (nSPS) is 33.3. The van der Waals surface area contributed by atoms with Crippen LogP contribution in [0.4, 0.5) is 26.3 Å². The van der Waals surface area contributed by atoms with Crippen molar-refractivity contribution < 1.29 is 36.2 Å². The molecule has 2 nitrogen and oxygen atoms in total. The maximum atomic E-state index is 14.6. The highest BCUT2D eigenvalue weighted by Crippen LogP contribution is 2.67. The van der Waals surface area contributed by atoms with Gasteiger partial charge in [0.1, 0.15) is 5.60 Å². The Morgan fingerprint density at radius 2 is 1.58 bits per heavy atom. The van der Waals surface area contributed by atoms with E-state index in [-0.39, 0.29) is 36.8 Å². The predicted octanol–water partition coefficient (Wildman–Crippen LogP) is 5.14. The van der Waals surface area contributed by atoms with Gasteiger partial charge in [-0.3, -0.25) is 0 Å². The van der Waals surface area contributed by atoms with E-state index < -0.39 is 47.2 Å². The Morgan fingerprint density at radius 1 is 1.00 bits per heavy atom. The third-order valence-corrected chi connectivity index (χ3v) is 6.03. The molecule has 8 heteroatoms. The zero-order valence-corrected chi connectivity index (χ0v) is 14.4. The predicted molar refractivity (Wildman–Crippen MR) is 81.0 cm³/mol. The molecule has 0 heterocycles. The van der Waals surface area contributed by atoms with E-state index in [4.69, 9.17) is 4.74 Å². The van der Waals surface area contributed by atoms with Crippen molar-refractivity contribution in [2.24, 2.45) is 5.41 Å².